The number of aromatic nitrogens is 1. The van der Waals surface area contributed by atoms with Gasteiger partial charge in [-0.25, -0.2) is 9.78 Å². The lowest BCUT2D eigenvalue weighted by Crippen LogP contribution is -2.50. The van der Waals surface area contributed by atoms with Gasteiger partial charge in [0.25, 0.3) is 5.91 Å². The molecule has 0 radical (unpaired) electrons. The fourth-order valence-electron chi connectivity index (χ4n) is 2.03. The molecule has 1 amide bonds. The highest BCUT2D eigenvalue weighted by atomic mass is 79.9. The Labute approximate surface area is 143 Å². The fraction of sp³-hybridized carbons (Fsp3) is 0.533. The van der Waals surface area contributed by atoms with Crippen LogP contribution in [0.25, 0.3) is 0 Å². The molecule has 7 nitrogen and oxygen atoms in total. The van der Waals surface area contributed by atoms with E-state index < -0.39 is 5.41 Å². The van der Waals surface area contributed by atoms with Gasteiger partial charge < -0.3 is 15.5 Å². The number of halogens is 1. The number of hydrogen-bond donors (Lipinski definition) is 1. The second-order valence-electron chi connectivity index (χ2n) is 6.44. The first kappa shape index (κ1) is 17.7. The molecule has 1 aliphatic heterocycles. The number of piperazine rings is 1. The van der Waals surface area contributed by atoms with E-state index in [0.29, 0.717) is 36.2 Å². The minimum Gasteiger partial charge on any atom is -0.383 e. The lowest BCUT2D eigenvalue weighted by molar-refractivity contribution is -0.205. The second kappa shape index (κ2) is 6.84. The van der Waals surface area contributed by atoms with Gasteiger partial charge in [0.2, 0.25) is 0 Å². The standard InChI is InChI=1S/C15H21BrN4O3/c1-15(2,3)14(22)23-20-6-4-19(5-7-20)13(21)11-8-10(16)9-18-12(11)17/h8-9H,4-7H2,1-3H3,(H2,17,18). The van der Waals surface area contributed by atoms with Crippen molar-refractivity contribution in [2.24, 2.45) is 5.41 Å². The molecule has 0 atom stereocenters. The molecule has 0 unspecified atom stereocenters. The van der Waals surface area contributed by atoms with Crippen LogP contribution >= 0.6 is 15.9 Å². The SMILES string of the molecule is CC(C)(C)C(=O)ON1CCN(C(=O)c2cc(Br)cnc2N)CC1. The number of hydroxylamine groups is 2. The third kappa shape index (κ3) is 4.42. The van der Waals surface area contributed by atoms with Crippen molar-refractivity contribution in [3.05, 3.63) is 22.3 Å². The zero-order valence-corrected chi connectivity index (χ0v) is 15.1. The average Bonchev–Trinajstić information content (AvgIpc) is 2.49. The maximum Gasteiger partial charge on any atom is 0.330 e. The Morgan fingerprint density at radius 1 is 1.26 bits per heavy atom. The summed E-state index contributed by atoms with van der Waals surface area (Å²) in [6.45, 7) is 7.27. The highest BCUT2D eigenvalue weighted by Gasteiger charge is 2.29. The molecule has 1 saturated heterocycles. The van der Waals surface area contributed by atoms with Crippen molar-refractivity contribution in [3.63, 3.8) is 0 Å². The lowest BCUT2D eigenvalue weighted by atomic mass is 9.98. The van der Waals surface area contributed by atoms with Gasteiger partial charge in [-0.15, -0.1) is 5.06 Å². The molecule has 0 spiro atoms. The molecular formula is C15H21BrN4O3. The number of hydrogen-bond acceptors (Lipinski definition) is 6. The first-order chi connectivity index (χ1) is 10.7. The summed E-state index contributed by atoms with van der Waals surface area (Å²) in [7, 11) is 0. The Balaban J connectivity index is 1.95. The third-order valence-corrected chi connectivity index (χ3v) is 3.90. The second-order valence-corrected chi connectivity index (χ2v) is 7.35. The van der Waals surface area contributed by atoms with Gasteiger partial charge >= 0.3 is 5.97 Å². The summed E-state index contributed by atoms with van der Waals surface area (Å²) in [5.74, 6) is -0.240. The molecule has 2 rings (SSSR count). The van der Waals surface area contributed by atoms with E-state index in [0.717, 1.165) is 0 Å². The van der Waals surface area contributed by atoms with Crippen molar-refractivity contribution in [3.8, 4) is 0 Å². The zero-order valence-electron chi connectivity index (χ0n) is 13.5. The summed E-state index contributed by atoms with van der Waals surface area (Å²) in [6, 6.07) is 1.66. The van der Waals surface area contributed by atoms with E-state index in [1.54, 1.807) is 43.0 Å². The zero-order chi connectivity index (χ0) is 17.2. The van der Waals surface area contributed by atoms with Crippen LogP contribution < -0.4 is 5.73 Å². The molecule has 2 heterocycles. The quantitative estimate of drug-likeness (QED) is 0.834. The normalized spacial score (nSPS) is 16.3. The van der Waals surface area contributed by atoms with Gasteiger partial charge in [0.1, 0.15) is 5.82 Å². The van der Waals surface area contributed by atoms with Crippen LogP contribution in [0.3, 0.4) is 0 Å². The van der Waals surface area contributed by atoms with Gasteiger partial charge in [0.05, 0.1) is 24.1 Å². The third-order valence-electron chi connectivity index (χ3n) is 3.47. The number of amides is 1. The van der Waals surface area contributed by atoms with E-state index in [4.69, 9.17) is 10.6 Å². The van der Waals surface area contributed by atoms with E-state index >= 15 is 0 Å². The predicted octanol–water partition coefficient (Wildman–Crippen LogP) is 1.69. The Hall–Kier alpha value is -1.67. The van der Waals surface area contributed by atoms with Crippen molar-refractivity contribution in [1.82, 2.24) is 14.9 Å². The van der Waals surface area contributed by atoms with Crippen molar-refractivity contribution < 1.29 is 14.4 Å². The van der Waals surface area contributed by atoms with Crippen LogP contribution in [-0.2, 0) is 9.63 Å². The van der Waals surface area contributed by atoms with Gasteiger partial charge in [-0.1, -0.05) is 0 Å². The van der Waals surface area contributed by atoms with Crippen LogP contribution in [0.2, 0.25) is 0 Å². The molecule has 0 bridgehead atoms. The van der Waals surface area contributed by atoms with Crippen LogP contribution in [-0.4, -0.2) is 53.0 Å². The minimum absolute atomic E-state index is 0.168. The van der Waals surface area contributed by atoms with Gasteiger partial charge in [0.15, 0.2) is 0 Å². The molecule has 8 heteroatoms. The van der Waals surface area contributed by atoms with Crippen molar-refractivity contribution in [2.75, 3.05) is 31.9 Å². The fourth-order valence-corrected chi connectivity index (χ4v) is 2.36. The number of carbonyl (C=O) groups is 2. The number of carbonyl (C=O) groups excluding carboxylic acids is 2. The summed E-state index contributed by atoms with van der Waals surface area (Å²) < 4.78 is 0.702. The lowest BCUT2D eigenvalue weighted by Gasteiger charge is -2.34. The Morgan fingerprint density at radius 3 is 2.43 bits per heavy atom. The van der Waals surface area contributed by atoms with E-state index in [2.05, 4.69) is 20.9 Å². The van der Waals surface area contributed by atoms with Crippen LogP contribution in [0, 0.1) is 5.41 Å². The predicted molar refractivity (Wildman–Crippen MR) is 89.4 cm³/mol. The van der Waals surface area contributed by atoms with E-state index in [-0.39, 0.29) is 17.7 Å². The van der Waals surface area contributed by atoms with Crippen LogP contribution in [0.15, 0.2) is 16.7 Å². The number of nitrogens with zero attached hydrogens (tertiary/aromatic N) is 3. The van der Waals surface area contributed by atoms with Gasteiger partial charge in [0, 0.05) is 23.8 Å². The Kier molecular flexibility index (Phi) is 5.26. The number of nitrogen functional groups attached to an aromatic ring is 1. The highest BCUT2D eigenvalue weighted by Crippen LogP contribution is 2.20. The van der Waals surface area contributed by atoms with E-state index in [1.807, 2.05) is 0 Å². The molecule has 126 valence electrons. The van der Waals surface area contributed by atoms with Crippen LogP contribution in [0.4, 0.5) is 5.82 Å². The number of anilines is 1. The number of rotatable bonds is 2. The van der Waals surface area contributed by atoms with E-state index in [9.17, 15) is 9.59 Å². The maximum atomic E-state index is 12.5. The average molecular weight is 385 g/mol. The first-order valence-corrected chi connectivity index (χ1v) is 8.15. The molecule has 1 aromatic heterocycles. The summed E-state index contributed by atoms with van der Waals surface area (Å²) in [6.07, 6.45) is 1.55. The van der Waals surface area contributed by atoms with Crippen molar-refractivity contribution in [2.45, 2.75) is 20.8 Å². The first-order valence-electron chi connectivity index (χ1n) is 7.36. The topological polar surface area (TPSA) is 88.8 Å². The molecule has 1 aromatic rings. The maximum absolute atomic E-state index is 12.5. The summed E-state index contributed by atoms with van der Waals surface area (Å²) >= 11 is 3.29. The molecule has 2 N–H and O–H groups in total. The van der Waals surface area contributed by atoms with E-state index in [1.165, 1.54) is 0 Å². The van der Waals surface area contributed by atoms with Gasteiger partial charge in [-0.05, 0) is 42.8 Å². The molecule has 23 heavy (non-hydrogen) atoms. The Bertz CT molecular complexity index is 607. The summed E-state index contributed by atoms with van der Waals surface area (Å²) in [5, 5.41) is 1.60. The monoisotopic (exact) mass is 384 g/mol. The van der Waals surface area contributed by atoms with Crippen molar-refractivity contribution in [1.29, 1.82) is 0 Å². The molecule has 1 fully saturated rings. The summed E-state index contributed by atoms with van der Waals surface area (Å²) in [4.78, 5) is 35.4. The van der Waals surface area contributed by atoms with Crippen molar-refractivity contribution >= 4 is 33.6 Å². The number of pyridine rings is 1. The molecule has 0 aliphatic carbocycles. The minimum atomic E-state index is -0.552. The van der Waals surface area contributed by atoms with Gasteiger partial charge in [-0.2, -0.15) is 0 Å². The summed E-state index contributed by atoms with van der Waals surface area (Å²) in [5.41, 5.74) is 5.60. The van der Waals surface area contributed by atoms with Crippen LogP contribution in [0.5, 0.6) is 0 Å². The molecule has 0 aromatic carbocycles. The van der Waals surface area contributed by atoms with Gasteiger partial charge in [-0.3, -0.25) is 4.79 Å². The smallest absolute Gasteiger partial charge is 0.330 e. The highest BCUT2D eigenvalue weighted by molar-refractivity contribution is 9.10. The Morgan fingerprint density at radius 2 is 1.87 bits per heavy atom. The van der Waals surface area contributed by atoms with Crippen LogP contribution in [0.1, 0.15) is 31.1 Å². The molecule has 1 aliphatic rings. The largest absolute Gasteiger partial charge is 0.383 e. The number of nitrogens with two attached hydrogens (primary N) is 1. The molecular weight excluding hydrogens is 364 g/mol. The molecule has 0 saturated carbocycles.